The third kappa shape index (κ3) is 2.87. The standard InChI is InChI=1S/C13H11BrClNO4/c1-18-6-9-11(13(17)19-2)20-12(16-9)7-4-3-5-8(14)10(7)15/h3-5H,6H2,1-2H3. The van der Waals surface area contributed by atoms with Crippen molar-refractivity contribution in [2.75, 3.05) is 14.2 Å². The smallest absolute Gasteiger partial charge is 0.376 e. The van der Waals surface area contributed by atoms with Crippen LogP contribution in [0.5, 0.6) is 0 Å². The highest BCUT2D eigenvalue weighted by Crippen LogP contribution is 2.34. The van der Waals surface area contributed by atoms with Gasteiger partial charge in [-0.15, -0.1) is 0 Å². The van der Waals surface area contributed by atoms with E-state index in [0.29, 0.717) is 20.8 Å². The molecule has 0 bridgehead atoms. The van der Waals surface area contributed by atoms with Crippen LogP contribution in [0.2, 0.25) is 5.02 Å². The number of carbonyl (C=O) groups excluding carboxylic acids is 1. The van der Waals surface area contributed by atoms with E-state index in [4.69, 9.17) is 20.8 Å². The molecule has 0 aliphatic carbocycles. The molecule has 0 saturated heterocycles. The topological polar surface area (TPSA) is 61.6 Å². The molecule has 0 saturated carbocycles. The minimum Gasteiger partial charge on any atom is -0.463 e. The average Bonchev–Trinajstić information content (AvgIpc) is 2.85. The molecule has 0 atom stereocenters. The summed E-state index contributed by atoms with van der Waals surface area (Å²) in [5, 5.41) is 0.453. The highest BCUT2D eigenvalue weighted by atomic mass is 79.9. The zero-order valence-electron chi connectivity index (χ0n) is 10.8. The molecule has 0 amide bonds. The molecule has 20 heavy (non-hydrogen) atoms. The van der Waals surface area contributed by atoms with E-state index < -0.39 is 5.97 Å². The van der Waals surface area contributed by atoms with Gasteiger partial charge in [-0.05, 0) is 28.1 Å². The van der Waals surface area contributed by atoms with Crippen molar-refractivity contribution < 1.29 is 18.7 Å². The van der Waals surface area contributed by atoms with Gasteiger partial charge < -0.3 is 13.9 Å². The Bertz CT molecular complexity index is 641. The number of halogens is 2. The molecule has 0 aliphatic heterocycles. The number of hydrogen-bond donors (Lipinski definition) is 0. The van der Waals surface area contributed by atoms with Crippen molar-refractivity contribution in [2.45, 2.75) is 6.61 Å². The molecule has 1 aromatic carbocycles. The quantitative estimate of drug-likeness (QED) is 0.778. The summed E-state index contributed by atoms with van der Waals surface area (Å²) >= 11 is 9.51. The SMILES string of the molecule is COCc1nc(-c2cccc(Br)c2Cl)oc1C(=O)OC. The first-order valence-electron chi connectivity index (χ1n) is 5.59. The molecule has 0 spiro atoms. The van der Waals surface area contributed by atoms with Gasteiger partial charge in [0.2, 0.25) is 11.7 Å². The van der Waals surface area contributed by atoms with E-state index in [-0.39, 0.29) is 18.3 Å². The van der Waals surface area contributed by atoms with Crippen LogP contribution in [0, 0.1) is 0 Å². The van der Waals surface area contributed by atoms with Gasteiger partial charge in [0.25, 0.3) is 0 Å². The lowest BCUT2D eigenvalue weighted by Gasteiger charge is -2.00. The summed E-state index contributed by atoms with van der Waals surface area (Å²) in [4.78, 5) is 15.9. The van der Waals surface area contributed by atoms with Crippen LogP contribution in [0.1, 0.15) is 16.2 Å². The van der Waals surface area contributed by atoms with Crippen LogP contribution in [0.15, 0.2) is 27.1 Å². The van der Waals surface area contributed by atoms with Crippen LogP contribution in [0.4, 0.5) is 0 Å². The maximum absolute atomic E-state index is 11.7. The molecule has 106 valence electrons. The Labute approximate surface area is 129 Å². The highest BCUT2D eigenvalue weighted by Gasteiger charge is 2.23. The van der Waals surface area contributed by atoms with Crippen molar-refractivity contribution in [1.82, 2.24) is 4.98 Å². The van der Waals surface area contributed by atoms with Crippen LogP contribution < -0.4 is 0 Å². The zero-order chi connectivity index (χ0) is 14.7. The summed E-state index contributed by atoms with van der Waals surface area (Å²) in [6, 6.07) is 5.34. The Kier molecular flexibility index (Phi) is 4.80. The summed E-state index contributed by atoms with van der Waals surface area (Å²) in [5.41, 5.74) is 0.943. The molecule has 0 N–H and O–H groups in total. The number of methoxy groups -OCH3 is 2. The number of benzene rings is 1. The summed E-state index contributed by atoms with van der Waals surface area (Å²) < 4.78 is 15.8. The van der Waals surface area contributed by atoms with E-state index >= 15 is 0 Å². The fourth-order valence-electron chi connectivity index (χ4n) is 1.62. The van der Waals surface area contributed by atoms with Gasteiger partial charge in [0.05, 0.1) is 24.3 Å². The summed E-state index contributed by atoms with van der Waals surface area (Å²) in [5.74, 6) is -0.355. The monoisotopic (exact) mass is 359 g/mol. The number of carbonyl (C=O) groups is 1. The molecular formula is C13H11BrClNO4. The number of nitrogens with zero attached hydrogens (tertiary/aromatic N) is 1. The number of oxazole rings is 1. The maximum atomic E-state index is 11.7. The van der Waals surface area contributed by atoms with Gasteiger partial charge in [0.1, 0.15) is 5.69 Å². The molecule has 2 rings (SSSR count). The molecule has 0 unspecified atom stereocenters. The van der Waals surface area contributed by atoms with E-state index in [0.717, 1.165) is 0 Å². The van der Waals surface area contributed by atoms with Gasteiger partial charge in [-0.1, -0.05) is 17.7 Å². The van der Waals surface area contributed by atoms with E-state index in [2.05, 4.69) is 25.7 Å². The zero-order valence-corrected chi connectivity index (χ0v) is 13.1. The van der Waals surface area contributed by atoms with Crippen molar-refractivity contribution in [2.24, 2.45) is 0 Å². The Balaban J connectivity index is 2.52. The molecule has 2 aromatic rings. The lowest BCUT2D eigenvalue weighted by molar-refractivity contribution is 0.0559. The van der Waals surface area contributed by atoms with Crippen molar-refractivity contribution in [3.63, 3.8) is 0 Å². The number of rotatable bonds is 4. The van der Waals surface area contributed by atoms with Crippen LogP contribution in [-0.4, -0.2) is 25.2 Å². The number of esters is 1. The lowest BCUT2D eigenvalue weighted by Crippen LogP contribution is -2.04. The van der Waals surface area contributed by atoms with Gasteiger partial charge >= 0.3 is 5.97 Å². The average molecular weight is 361 g/mol. The highest BCUT2D eigenvalue weighted by molar-refractivity contribution is 9.10. The number of hydrogen-bond acceptors (Lipinski definition) is 5. The van der Waals surface area contributed by atoms with Crippen LogP contribution in [-0.2, 0) is 16.1 Å². The van der Waals surface area contributed by atoms with Gasteiger partial charge in [-0.2, -0.15) is 0 Å². The minimum atomic E-state index is -0.609. The van der Waals surface area contributed by atoms with Gasteiger partial charge in [-0.25, -0.2) is 9.78 Å². The van der Waals surface area contributed by atoms with Crippen LogP contribution in [0.3, 0.4) is 0 Å². The van der Waals surface area contributed by atoms with Crippen molar-refractivity contribution in [1.29, 1.82) is 0 Å². The second-order valence-corrected chi connectivity index (χ2v) is 5.05. The number of aromatic nitrogens is 1. The van der Waals surface area contributed by atoms with E-state index in [9.17, 15) is 4.79 Å². The van der Waals surface area contributed by atoms with Crippen LogP contribution in [0.25, 0.3) is 11.5 Å². The van der Waals surface area contributed by atoms with E-state index in [1.807, 2.05) is 0 Å². The van der Waals surface area contributed by atoms with Gasteiger partial charge in [-0.3, -0.25) is 0 Å². The first-order chi connectivity index (χ1) is 9.58. The summed E-state index contributed by atoms with van der Waals surface area (Å²) in [6.07, 6.45) is 0. The largest absolute Gasteiger partial charge is 0.463 e. The maximum Gasteiger partial charge on any atom is 0.376 e. The van der Waals surface area contributed by atoms with Gasteiger partial charge in [0.15, 0.2) is 0 Å². The third-order valence-electron chi connectivity index (χ3n) is 2.53. The summed E-state index contributed by atoms with van der Waals surface area (Å²) in [7, 11) is 2.77. The molecule has 1 aromatic heterocycles. The third-order valence-corrected chi connectivity index (χ3v) is 3.83. The second-order valence-electron chi connectivity index (χ2n) is 3.82. The van der Waals surface area contributed by atoms with Crippen LogP contribution >= 0.6 is 27.5 Å². The Hall–Kier alpha value is -1.37. The van der Waals surface area contributed by atoms with Crippen molar-refractivity contribution >= 4 is 33.5 Å². The van der Waals surface area contributed by atoms with Gasteiger partial charge in [0, 0.05) is 11.6 Å². The molecule has 1 heterocycles. The second kappa shape index (κ2) is 6.39. The Morgan fingerprint density at radius 1 is 1.45 bits per heavy atom. The molecule has 0 fully saturated rings. The minimum absolute atomic E-state index is 0.0143. The fraction of sp³-hybridized carbons (Fsp3) is 0.231. The Morgan fingerprint density at radius 2 is 2.20 bits per heavy atom. The predicted octanol–water partition coefficient (Wildman–Crippen LogP) is 3.69. The molecular weight excluding hydrogens is 350 g/mol. The normalized spacial score (nSPS) is 10.6. The molecule has 5 nitrogen and oxygen atoms in total. The molecule has 0 aliphatic rings. The summed E-state index contributed by atoms with van der Waals surface area (Å²) in [6.45, 7) is 0.138. The number of ether oxygens (including phenoxy) is 2. The first-order valence-corrected chi connectivity index (χ1v) is 6.77. The molecule has 7 heteroatoms. The lowest BCUT2D eigenvalue weighted by atomic mass is 10.2. The van der Waals surface area contributed by atoms with Crippen molar-refractivity contribution in [3.05, 3.63) is 39.1 Å². The fourth-order valence-corrected chi connectivity index (χ4v) is 2.20. The first kappa shape index (κ1) is 15.0. The van der Waals surface area contributed by atoms with E-state index in [1.165, 1.54) is 14.2 Å². The molecule has 0 radical (unpaired) electrons. The van der Waals surface area contributed by atoms with E-state index in [1.54, 1.807) is 18.2 Å². The Morgan fingerprint density at radius 3 is 2.85 bits per heavy atom. The van der Waals surface area contributed by atoms with Crippen molar-refractivity contribution in [3.8, 4) is 11.5 Å². The predicted molar refractivity (Wildman–Crippen MR) is 76.7 cm³/mol.